The average molecular weight is 176 g/mol. The molecule has 0 aliphatic heterocycles. The molecule has 0 radical (unpaired) electrons. The normalized spacial score (nSPS) is 12.6. The highest BCUT2D eigenvalue weighted by Gasteiger charge is 2.12. The zero-order valence-electron chi connectivity index (χ0n) is 7.83. The van der Waals surface area contributed by atoms with Gasteiger partial charge in [0.1, 0.15) is 0 Å². The van der Waals surface area contributed by atoms with Crippen LogP contribution in [0, 0.1) is 0 Å². The van der Waals surface area contributed by atoms with E-state index in [0.717, 1.165) is 6.42 Å². The SMILES string of the molecule is COCCCOC(C)C(=O)OC. The molecule has 0 N–H and O–H groups in total. The van der Waals surface area contributed by atoms with Crippen molar-refractivity contribution in [2.75, 3.05) is 27.4 Å². The lowest BCUT2D eigenvalue weighted by Crippen LogP contribution is -2.22. The molecule has 0 amide bonds. The van der Waals surface area contributed by atoms with E-state index in [4.69, 9.17) is 9.47 Å². The van der Waals surface area contributed by atoms with Crippen molar-refractivity contribution in [2.45, 2.75) is 19.4 Å². The third-order valence-electron chi connectivity index (χ3n) is 1.39. The highest BCUT2D eigenvalue weighted by molar-refractivity contribution is 5.73. The Morgan fingerprint density at radius 3 is 2.50 bits per heavy atom. The third kappa shape index (κ3) is 5.09. The Morgan fingerprint density at radius 2 is 2.00 bits per heavy atom. The molecule has 0 saturated carbocycles. The van der Waals surface area contributed by atoms with Crippen molar-refractivity contribution in [1.29, 1.82) is 0 Å². The fourth-order valence-corrected chi connectivity index (χ4v) is 0.697. The van der Waals surface area contributed by atoms with Crippen LogP contribution in [0.5, 0.6) is 0 Å². The molecule has 0 aliphatic rings. The average Bonchev–Trinajstić information content (AvgIpc) is 2.10. The standard InChI is InChI=1S/C8H16O4/c1-7(8(9)11-3)12-6-4-5-10-2/h7H,4-6H2,1-3H3. The van der Waals surface area contributed by atoms with Crippen LogP contribution in [0.25, 0.3) is 0 Å². The first kappa shape index (κ1) is 11.4. The molecule has 0 saturated heterocycles. The first-order valence-corrected chi connectivity index (χ1v) is 3.90. The molecule has 0 heterocycles. The summed E-state index contributed by atoms with van der Waals surface area (Å²) in [4.78, 5) is 10.8. The van der Waals surface area contributed by atoms with Crippen molar-refractivity contribution in [3.8, 4) is 0 Å². The monoisotopic (exact) mass is 176 g/mol. The molecule has 12 heavy (non-hydrogen) atoms. The summed E-state index contributed by atoms with van der Waals surface area (Å²) in [6.07, 6.45) is 0.310. The first-order valence-electron chi connectivity index (χ1n) is 3.90. The number of carbonyl (C=O) groups excluding carboxylic acids is 1. The Balaban J connectivity index is 3.31. The molecule has 4 nitrogen and oxygen atoms in total. The molecule has 0 rings (SSSR count). The molecular weight excluding hydrogens is 160 g/mol. The number of methoxy groups -OCH3 is 2. The van der Waals surface area contributed by atoms with Crippen molar-refractivity contribution in [3.63, 3.8) is 0 Å². The molecule has 0 aliphatic carbocycles. The molecule has 1 unspecified atom stereocenters. The molecule has 0 spiro atoms. The van der Waals surface area contributed by atoms with Crippen LogP contribution in [0.2, 0.25) is 0 Å². The summed E-state index contributed by atoms with van der Waals surface area (Å²) in [6.45, 7) is 2.83. The summed E-state index contributed by atoms with van der Waals surface area (Å²) in [7, 11) is 2.97. The minimum atomic E-state index is -0.480. The van der Waals surface area contributed by atoms with E-state index in [2.05, 4.69) is 4.74 Å². The van der Waals surface area contributed by atoms with Gasteiger partial charge in [-0.2, -0.15) is 0 Å². The number of esters is 1. The van der Waals surface area contributed by atoms with E-state index in [1.54, 1.807) is 14.0 Å². The van der Waals surface area contributed by atoms with Crippen molar-refractivity contribution < 1.29 is 19.0 Å². The van der Waals surface area contributed by atoms with Crippen LogP contribution in [-0.4, -0.2) is 39.5 Å². The summed E-state index contributed by atoms with van der Waals surface area (Å²) in [5.74, 6) is -0.340. The number of ether oxygens (including phenoxy) is 3. The van der Waals surface area contributed by atoms with E-state index in [1.165, 1.54) is 7.11 Å². The lowest BCUT2D eigenvalue weighted by atomic mass is 10.4. The molecule has 0 aromatic heterocycles. The Morgan fingerprint density at radius 1 is 1.33 bits per heavy atom. The Labute approximate surface area is 72.8 Å². The van der Waals surface area contributed by atoms with Crippen molar-refractivity contribution >= 4 is 5.97 Å². The quantitative estimate of drug-likeness (QED) is 0.439. The lowest BCUT2D eigenvalue weighted by molar-refractivity contribution is -0.153. The second-order valence-corrected chi connectivity index (χ2v) is 2.38. The van der Waals surface area contributed by atoms with Crippen molar-refractivity contribution in [3.05, 3.63) is 0 Å². The molecule has 1 atom stereocenters. The minimum Gasteiger partial charge on any atom is -0.467 e. The van der Waals surface area contributed by atoms with Crippen LogP contribution in [0.4, 0.5) is 0 Å². The summed E-state index contributed by atoms with van der Waals surface area (Å²) >= 11 is 0. The van der Waals surface area contributed by atoms with E-state index >= 15 is 0 Å². The van der Waals surface area contributed by atoms with Gasteiger partial charge in [0.2, 0.25) is 0 Å². The second-order valence-electron chi connectivity index (χ2n) is 2.38. The van der Waals surface area contributed by atoms with E-state index in [-0.39, 0.29) is 5.97 Å². The fourth-order valence-electron chi connectivity index (χ4n) is 0.697. The Hall–Kier alpha value is -0.610. The summed E-state index contributed by atoms with van der Waals surface area (Å²) in [6, 6.07) is 0. The molecule has 0 aromatic rings. The predicted octanol–water partition coefficient (Wildman–Crippen LogP) is 0.601. The van der Waals surface area contributed by atoms with E-state index in [9.17, 15) is 4.79 Å². The van der Waals surface area contributed by atoms with Gasteiger partial charge in [0.15, 0.2) is 6.10 Å². The molecule has 0 fully saturated rings. The van der Waals surface area contributed by atoms with Gasteiger partial charge in [-0.15, -0.1) is 0 Å². The third-order valence-corrected chi connectivity index (χ3v) is 1.39. The molecular formula is C8H16O4. The molecule has 0 bridgehead atoms. The largest absolute Gasteiger partial charge is 0.467 e. The molecule has 4 heteroatoms. The van der Waals surface area contributed by atoms with Crippen LogP contribution < -0.4 is 0 Å². The Bertz CT molecular complexity index is 124. The topological polar surface area (TPSA) is 44.8 Å². The van der Waals surface area contributed by atoms with E-state index in [0.29, 0.717) is 13.2 Å². The first-order chi connectivity index (χ1) is 5.72. The van der Waals surface area contributed by atoms with Crippen LogP contribution in [0.15, 0.2) is 0 Å². The summed E-state index contributed by atoms with van der Waals surface area (Å²) in [5.41, 5.74) is 0. The second kappa shape index (κ2) is 7.06. The van der Waals surface area contributed by atoms with Gasteiger partial charge in [0.05, 0.1) is 7.11 Å². The maximum Gasteiger partial charge on any atom is 0.334 e. The van der Waals surface area contributed by atoms with Gasteiger partial charge >= 0.3 is 5.97 Å². The number of rotatable bonds is 6. The highest BCUT2D eigenvalue weighted by atomic mass is 16.6. The van der Waals surface area contributed by atoms with Gasteiger partial charge in [-0.1, -0.05) is 0 Å². The van der Waals surface area contributed by atoms with Gasteiger partial charge in [-0.3, -0.25) is 0 Å². The zero-order chi connectivity index (χ0) is 9.40. The maximum atomic E-state index is 10.8. The minimum absolute atomic E-state index is 0.340. The van der Waals surface area contributed by atoms with Gasteiger partial charge in [-0.05, 0) is 13.3 Å². The van der Waals surface area contributed by atoms with Crippen LogP contribution >= 0.6 is 0 Å². The summed E-state index contributed by atoms with van der Waals surface area (Å²) < 4.78 is 14.4. The predicted molar refractivity (Wildman–Crippen MR) is 43.9 cm³/mol. The van der Waals surface area contributed by atoms with Gasteiger partial charge in [0, 0.05) is 20.3 Å². The van der Waals surface area contributed by atoms with Crippen molar-refractivity contribution in [2.24, 2.45) is 0 Å². The van der Waals surface area contributed by atoms with Crippen molar-refractivity contribution in [1.82, 2.24) is 0 Å². The number of hydrogen-bond acceptors (Lipinski definition) is 4. The Kier molecular flexibility index (Phi) is 6.70. The summed E-state index contributed by atoms with van der Waals surface area (Å²) in [5, 5.41) is 0. The number of hydrogen-bond donors (Lipinski definition) is 0. The molecule has 0 aromatic carbocycles. The van der Waals surface area contributed by atoms with Gasteiger partial charge < -0.3 is 14.2 Å². The van der Waals surface area contributed by atoms with Crippen LogP contribution in [0.3, 0.4) is 0 Å². The lowest BCUT2D eigenvalue weighted by Gasteiger charge is -2.09. The van der Waals surface area contributed by atoms with Gasteiger partial charge in [0.25, 0.3) is 0 Å². The van der Waals surface area contributed by atoms with E-state index < -0.39 is 6.10 Å². The van der Waals surface area contributed by atoms with E-state index in [1.807, 2.05) is 0 Å². The van der Waals surface area contributed by atoms with Gasteiger partial charge in [-0.25, -0.2) is 4.79 Å². The smallest absolute Gasteiger partial charge is 0.334 e. The number of carbonyl (C=O) groups is 1. The fraction of sp³-hybridized carbons (Fsp3) is 0.875. The zero-order valence-corrected chi connectivity index (χ0v) is 7.83. The molecule has 72 valence electrons. The van der Waals surface area contributed by atoms with Crippen LogP contribution in [-0.2, 0) is 19.0 Å². The maximum absolute atomic E-state index is 10.8. The highest BCUT2D eigenvalue weighted by Crippen LogP contribution is 1.94. The van der Waals surface area contributed by atoms with Crippen LogP contribution in [0.1, 0.15) is 13.3 Å².